The summed E-state index contributed by atoms with van der Waals surface area (Å²) in [6, 6.07) is 10.0. The van der Waals surface area contributed by atoms with Crippen molar-refractivity contribution in [2.75, 3.05) is 5.88 Å². The summed E-state index contributed by atoms with van der Waals surface area (Å²) in [5, 5.41) is 10.0. The standard InChI is InChI=1S/C13H13ClN2/c14-6-1-2-7-16-8-5-12-4-3-11(10-15)9-13(12)16/h3-5,8-9H,1-2,6-7H2. The SMILES string of the molecule is N#Cc1ccc2ccn(CCCCCl)c2c1. The third-order valence-electron chi connectivity index (χ3n) is 2.69. The molecule has 2 aromatic rings. The molecule has 0 N–H and O–H groups in total. The summed E-state index contributed by atoms with van der Waals surface area (Å²) < 4.78 is 2.18. The van der Waals surface area contributed by atoms with E-state index in [0.29, 0.717) is 11.4 Å². The van der Waals surface area contributed by atoms with Crippen LogP contribution in [0.5, 0.6) is 0 Å². The normalized spacial score (nSPS) is 10.5. The summed E-state index contributed by atoms with van der Waals surface area (Å²) >= 11 is 5.66. The molecule has 0 aliphatic rings. The Balaban J connectivity index is 2.28. The van der Waals surface area contributed by atoms with Gasteiger partial charge in [0.2, 0.25) is 0 Å². The lowest BCUT2D eigenvalue weighted by atomic mass is 10.2. The number of hydrogen-bond acceptors (Lipinski definition) is 1. The van der Waals surface area contributed by atoms with Crippen LogP contribution in [0.3, 0.4) is 0 Å². The van der Waals surface area contributed by atoms with Crippen molar-refractivity contribution in [3.05, 3.63) is 36.0 Å². The molecule has 0 bridgehead atoms. The Hall–Kier alpha value is -1.46. The minimum absolute atomic E-state index is 0.711. The van der Waals surface area contributed by atoms with Gasteiger partial charge >= 0.3 is 0 Å². The minimum atomic E-state index is 0.711. The van der Waals surface area contributed by atoms with Gasteiger partial charge in [0.05, 0.1) is 11.6 Å². The Labute approximate surface area is 100 Å². The van der Waals surface area contributed by atoms with E-state index in [2.05, 4.69) is 22.9 Å². The van der Waals surface area contributed by atoms with Crippen molar-refractivity contribution in [3.63, 3.8) is 0 Å². The van der Waals surface area contributed by atoms with Gasteiger partial charge in [-0.25, -0.2) is 0 Å². The zero-order valence-corrected chi connectivity index (χ0v) is 9.74. The first-order valence-electron chi connectivity index (χ1n) is 5.40. The lowest BCUT2D eigenvalue weighted by Gasteiger charge is -2.04. The first-order valence-corrected chi connectivity index (χ1v) is 5.93. The predicted molar refractivity (Wildman–Crippen MR) is 66.6 cm³/mol. The van der Waals surface area contributed by atoms with Crippen LogP contribution in [0.4, 0.5) is 0 Å². The molecule has 0 saturated carbocycles. The van der Waals surface area contributed by atoms with Crippen molar-refractivity contribution in [3.8, 4) is 6.07 Å². The average Bonchev–Trinajstić information content (AvgIpc) is 2.72. The van der Waals surface area contributed by atoms with E-state index in [9.17, 15) is 0 Å². The Bertz CT molecular complexity index is 522. The van der Waals surface area contributed by atoms with Crippen molar-refractivity contribution < 1.29 is 0 Å². The van der Waals surface area contributed by atoms with Gasteiger partial charge in [0, 0.05) is 24.1 Å². The Morgan fingerprint density at radius 1 is 1.25 bits per heavy atom. The van der Waals surface area contributed by atoms with Crippen molar-refractivity contribution in [2.45, 2.75) is 19.4 Å². The first kappa shape index (κ1) is 11.0. The number of fused-ring (bicyclic) bond motifs is 1. The maximum Gasteiger partial charge on any atom is 0.0992 e. The number of nitriles is 1. The largest absolute Gasteiger partial charge is 0.347 e. The van der Waals surface area contributed by atoms with Gasteiger partial charge in [0.15, 0.2) is 0 Å². The van der Waals surface area contributed by atoms with Crippen LogP contribution in [0, 0.1) is 11.3 Å². The molecule has 0 saturated heterocycles. The van der Waals surface area contributed by atoms with E-state index in [1.807, 2.05) is 18.2 Å². The van der Waals surface area contributed by atoms with Crippen LogP contribution in [-0.2, 0) is 6.54 Å². The average molecular weight is 233 g/mol. The molecule has 0 amide bonds. The van der Waals surface area contributed by atoms with E-state index in [4.69, 9.17) is 16.9 Å². The third kappa shape index (κ3) is 2.20. The maximum atomic E-state index is 8.86. The van der Waals surface area contributed by atoms with E-state index >= 15 is 0 Å². The van der Waals surface area contributed by atoms with Crippen LogP contribution < -0.4 is 0 Å². The molecule has 0 aliphatic carbocycles. The number of aromatic nitrogens is 1. The molecule has 1 aromatic carbocycles. The van der Waals surface area contributed by atoms with Crippen LogP contribution in [0.2, 0.25) is 0 Å². The highest BCUT2D eigenvalue weighted by Crippen LogP contribution is 2.18. The van der Waals surface area contributed by atoms with E-state index in [-0.39, 0.29) is 0 Å². The molecule has 0 spiro atoms. The molecule has 0 atom stereocenters. The fourth-order valence-electron chi connectivity index (χ4n) is 1.83. The number of benzene rings is 1. The van der Waals surface area contributed by atoms with Gasteiger partial charge in [0.1, 0.15) is 0 Å². The summed E-state index contributed by atoms with van der Waals surface area (Å²) in [5.74, 6) is 0.711. The number of nitrogens with zero attached hydrogens (tertiary/aromatic N) is 2. The first-order chi connectivity index (χ1) is 7.85. The van der Waals surface area contributed by atoms with E-state index in [0.717, 1.165) is 24.9 Å². The molecular weight excluding hydrogens is 220 g/mol. The molecule has 1 aromatic heterocycles. The number of aryl methyl sites for hydroxylation is 1. The fourth-order valence-corrected chi connectivity index (χ4v) is 2.01. The Kier molecular flexibility index (Phi) is 3.48. The topological polar surface area (TPSA) is 28.7 Å². The number of hydrogen-bond donors (Lipinski definition) is 0. The third-order valence-corrected chi connectivity index (χ3v) is 2.95. The van der Waals surface area contributed by atoms with Crippen molar-refractivity contribution in [1.29, 1.82) is 5.26 Å². The molecule has 3 heteroatoms. The van der Waals surface area contributed by atoms with Crippen LogP contribution in [0.25, 0.3) is 10.9 Å². The van der Waals surface area contributed by atoms with Crippen molar-refractivity contribution >= 4 is 22.5 Å². The summed E-state index contributed by atoms with van der Waals surface area (Å²) in [6.45, 7) is 0.963. The highest BCUT2D eigenvalue weighted by Gasteiger charge is 2.01. The summed E-state index contributed by atoms with van der Waals surface area (Å²) in [6.07, 6.45) is 4.17. The molecule has 2 rings (SSSR count). The predicted octanol–water partition coefficient (Wildman–Crippen LogP) is 3.53. The van der Waals surface area contributed by atoms with Crippen LogP contribution >= 0.6 is 11.6 Å². The lowest BCUT2D eigenvalue weighted by molar-refractivity contribution is 0.652. The van der Waals surface area contributed by atoms with E-state index in [1.54, 1.807) is 0 Å². The van der Waals surface area contributed by atoms with Crippen molar-refractivity contribution in [2.24, 2.45) is 0 Å². The molecule has 0 radical (unpaired) electrons. The number of alkyl halides is 1. The lowest BCUT2D eigenvalue weighted by Crippen LogP contribution is -1.96. The second-order valence-corrected chi connectivity index (χ2v) is 4.17. The molecule has 0 fully saturated rings. The van der Waals surface area contributed by atoms with Gasteiger partial charge in [-0.05, 0) is 36.4 Å². The Morgan fingerprint density at radius 3 is 2.88 bits per heavy atom. The van der Waals surface area contributed by atoms with Gasteiger partial charge in [-0.3, -0.25) is 0 Å². The van der Waals surface area contributed by atoms with Gasteiger partial charge in [-0.1, -0.05) is 6.07 Å². The second kappa shape index (κ2) is 5.05. The van der Waals surface area contributed by atoms with Gasteiger partial charge in [-0.15, -0.1) is 11.6 Å². The van der Waals surface area contributed by atoms with Crippen LogP contribution in [-0.4, -0.2) is 10.4 Å². The molecule has 1 heterocycles. The molecule has 0 unspecified atom stereocenters. The van der Waals surface area contributed by atoms with E-state index < -0.39 is 0 Å². The number of rotatable bonds is 4. The molecule has 16 heavy (non-hydrogen) atoms. The van der Waals surface area contributed by atoms with Gasteiger partial charge < -0.3 is 4.57 Å². The highest BCUT2D eigenvalue weighted by molar-refractivity contribution is 6.17. The summed E-state index contributed by atoms with van der Waals surface area (Å²) in [4.78, 5) is 0. The monoisotopic (exact) mass is 232 g/mol. The molecule has 0 aliphatic heterocycles. The second-order valence-electron chi connectivity index (χ2n) is 3.79. The van der Waals surface area contributed by atoms with Crippen LogP contribution in [0.15, 0.2) is 30.5 Å². The van der Waals surface area contributed by atoms with Gasteiger partial charge in [-0.2, -0.15) is 5.26 Å². The molecular formula is C13H13ClN2. The number of halogens is 1. The fraction of sp³-hybridized carbons (Fsp3) is 0.308. The van der Waals surface area contributed by atoms with Gasteiger partial charge in [0.25, 0.3) is 0 Å². The molecule has 2 nitrogen and oxygen atoms in total. The van der Waals surface area contributed by atoms with Crippen LogP contribution in [0.1, 0.15) is 18.4 Å². The maximum absolute atomic E-state index is 8.86. The quantitative estimate of drug-likeness (QED) is 0.586. The molecule has 82 valence electrons. The summed E-state index contributed by atoms with van der Waals surface area (Å²) in [7, 11) is 0. The highest BCUT2D eigenvalue weighted by atomic mass is 35.5. The minimum Gasteiger partial charge on any atom is -0.347 e. The Morgan fingerprint density at radius 2 is 2.12 bits per heavy atom. The zero-order chi connectivity index (χ0) is 11.4. The smallest absolute Gasteiger partial charge is 0.0992 e. The number of unbranched alkanes of at least 4 members (excludes halogenated alkanes) is 1. The van der Waals surface area contributed by atoms with Crippen molar-refractivity contribution in [1.82, 2.24) is 4.57 Å². The zero-order valence-electron chi connectivity index (χ0n) is 8.99. The van der Waals surface area contributed by atoms with E-state index in [1.165, 1.54) is 5.39 Å². The summed E-state index contributed by atoms with van der Waals surface area (Å²) in [5.41, 5.74) is 1.85.